The summed E-state index contributed by atoms with van der Waals surface area (Å²) in [6.07, 6.45) is 0.458. The van der Waals surface area contributed by atoms with E-state index in [0.29, 0.717) is 18.8 Å². The van der Waals surface area contributed by atoms with Crippen LogP contribution in [-0.4, -0.2) is 36.8 Å². The van der Waals surface area contributed by atoms with Crippen molar-refractivity contribution < 1.29 is 18.7 Å². The fraction of sp³-hybridized carbons (Fsp3) is 0.562. The number of hydrogen-bond donors (Lipinski definition) is 0. The Balaban J connectivity index is 2.09. The molecule has 2 rings (SSSR count). The number of halogens is 1. The Bertz CT molecular complexity index is 525. The topological polar surface area (TPSA) is 38.8 Å². The summed E-state index contributed by atoms with van der Waals surface area (Å²) >= 11 is 0. The number of hydrogen-bond acceptors (Lipinski definition) is 3. The predicted molar refractivity (Wildman–Crippen MR) is 78.1 cm³/mol. The van der Waals surface area contributed by atoms with Gasteiger partial charge in [-0.05, 0) is 45.4 Å². The second kappa shape index (κ2) is 5.92. The number of benzene rings is 1. The lowest BCUT2D eigenvalue weighted by atomic mass is 9.97. The van der Waals surface area contributed by atoms with Crippen LogP contribution in [0.5, 0.6) is 5.75 Å². The number of amides is 1. The normalized spacial score (nSPS) is 18.7. The van der Waals surface area contributed by atoms with E-state index in [4.69, 9.17) is 9.47 Å². The Morgan fingerprint density at radius 3 is 2.71 bits per heavy atom. The van der Waals surface area contributed by atoms with E-state index in [1.165, 1.54) is 12.1 Å². The highest BCUT2D eigenvalue weighted by Crippen LogP contribution is 2.34. The molecule has 1 fully saturated rings. The van der Waals surface area contributed by atoms with Crippen molar-refractivity contribution in [3.05, 3.63) is 29.6 Å². The molecule has 1 aromatic rings. The average molecular weight is 295 g/mol. The fourth-order valence-corrected chi connectivity index (χ4v) is 2.53. The molecule has 0 saturated carbocycles. The molecule has 5 heteroatoms. The van der Waals surface area contributed by atoms with Gasteiger partial charge in [0, 0.05) is 24.6 Å². The van der Waals surface area contributed by atoms with Gasteiger partial charge in [0.25, 0.3) is 0 Å². The number of carbonyl (C=O) groups is 1. The minimum atomic E-state index is -0.508. The van der Waals surface area contributed by atoms with Crippen molar-refractivity contribution in [2.75, 3.05) is 20.2 Å². The highest BCUT2D eigenvalue weighted by Gasteiger charge is 2.32. The number of ether oxygens (including phenoxy) is 2. The molecule has 1 aromatic carbocycles. The van der Waals surface area contributed by atoms with Crippen molar-refractivity contribution in [1.29, 1.82) is 0 Å². The Hall–Kier alpha value is -1.78. The summed E-state index contributed by atoms with van der Waals surface area (Å²) < 4.78 is 24.1. The first-order valence-corrected chi connectivity index (χ1v) is 7.11. The minimum Gasteiger partial charge on any atom is -0.496 e. The zero-order valence-corrected chi connectivity index (χ0v) is 13.0. The maximum absolute atomic E-state index is 13.5. The van der Waals surface area contributed by atoms with E-state index in [9.17, 15) is 9.18 Å². The van der Waals surface area contributed by atoms with E-state index in [0.717, 1.165) is 12.0 Å². The molecule has 0 bridgehead atoms. The molecule has 1 aliphatic rings. The van der Waals surface area contributed by atoms with Gasteiger partial charge in [-0.2, -0.15) is 0 Å². The van der Waals surface area contributed by atoms with Crippen molar-refractivity contribution in [3.8, 4) is 5.75 Å². The molecular formula is C16H22FNO3. The summed E-state index contributed by atoms with van der Waals surface area (Å²) in [6, 6.07) is 4.49. The monoisotopic (exact) mass is 295 g/mol. The summed E-state index contributed by atoms with van der Waals surface area (Å²) in [4.78, 5) is 13.7. The number of methoxy groups -OCH3 is 1. The first kappa shape index (κ1) is 15.6. The second-order valence-corrected chi connectivity index (χ2v) is 6.30. The van der Waals surface area contributed by atoms with Crippen LogP contribution in [0.25, 0.3) is 0 Å². The van der Waals surface area contributed by atoms with Gasteiger partial charge in [-0.15, -0.1) is 0 Å². The van der Waals surface area contributed by atoms with Gasteiger partial charge in [-0.3, -0.25) is 0 Å². The van der Waals surface area contributed by atoms with Crippen LogP contribution >= 0.6 is 0 Å². The van der Waals surface area contributed by atoms with Crippen molar-refractivity contribution >= 4 is 6.09 Å². The van der Waals surface area contributed by atoms with E-state index in [-0.39, 0.29) is 17.8 Å². The number of likely N-dealkylation sites (tertiary alicyclic amines) is 1. The Morgan fingerprint density at radius 1 is 1.38 bits per heavy atom. The zero-order chi connectivity index (χ0) is 15.6. The Morgan fingerprint density at radius 2 is 2.10 bits per heavy atom. The van der Waals surface area contributed by atoms with Crippen LogP contribution in [0.15, 0.2) is 18.2 Å². The molecule has 1 saturated heterocycles. The van der Waals surface area contributed by atoms with Crippen LogP contribution < -0.4 is 4.74 Å². The maximum atomic E-state index is 13.5. The van der Waals surface area contributed by atoms with Crippen LogP contribution in [0.2, 0.25) is 0 Å². The average Bonchev–Trinajstić information content (AvgIpc) is 2.86. The third kappa shape index (κ3) is 3.86. The van der Waals surface area contributed by atoms with Gasteiger partial charge in [-0.25, -0.2) is 9.18 Å². The highest BCUT2D eigenvalue weighted by molar-refractivity contribution is 5.68. The van der Waals surface area contributed by atoms with Gasteiger partial charge < -0.3 is 14.4 Å². The van der Waals surface area contributed by atoms with Gasteiger partial charge >= 0.3 is 6.09 Å². The quantitative estimate of drug-likeness (QED) is 0.837. The van der Waals surface area contributed by atoms with Crippen molar-refractivity contribution in [3.63, 3.8) is 0 Å². The third-order valence-corrected chi connectivity index (χ3v) is 3.47. The Labute approximate surface area is 124 Å². The molecule has 0 spiro atoms. The molecular weight excluding hydrogens is 273 g/mol. The van der Waals surface area contributed by atoms with Gasteiger partial charge in [0.1, 0.15) is 17.2 Å². The molecule has 1 aliphatic heterocycles. The SMILES string of the molecule is COc1ccc(F)cc1C1CCN(C(=O)OC(C)(C)C)C1. The second-order valence-electron chi connectivity index (χ2n) is 6.30. The van der Waals surface area contributed by atoms with Crippen LogP contribution in [0.3, 0.4) is 0 Å². The summed E-state index contributed by atoms with van der Waals surface area (Å²) in [6.45, 7) is 6.66. The minimum absolute atomic E-state index is 0.0724. The molecule has 21 heavy (non-hydrogen) atoms. The van der Waals surface area contributed by atoms with Crippen LogP contribution in [0.1, 0.15) is 38.7 Å². The summed E-state index contributed by atoms with van der Waals surface area (Å²) in [5, 5.41) is 0. The largest absolute Gasteiger partial charge is 0.496 e. The molecule has 0 N–H and O–H groups in total. The van der Waals surface area contributed by atoms with Gasteiger partial charge in [0.2, 0.25) is 0 Å². The lowest BCUT2D eigenvalue weighted by molar-refractivity contribution is 0.0292. The molecule has 4 nitrogen and oxygen atoms in total. The Kier molecular flexibility index (Phi) is 4.40. The molecule has 1 unspecified atom stereocenters. The molecule has 1 heterocycles. The molecule has 1 amide bonds. The molecule has 0 aromatic heterocycles. The standard InChI is InChI=1S/C16H22FNO3/c1-16(2,3)21-15(19)18-8-7-11(10-18)13-9-12(17)5-6-14(13)20-4/h5-6,9,11H,7-8,10H2,1-4H3. The lowest BCUT2D eigenvalue weighted by Crippen LogP contribution is -2.35. The van der Waals surface area contributed by atoms with E-state index in [1.807, 2.05) is 20.8 Å². The highest BCUT2D eigenvalue weighted by atomic mass is 19.1. The smallest absolute Gasteiger partial charge is 0.410 e. The summed E-state index contributed by atoms with van der Waals surface area (Å²) in [5.41, 5.74) is 0.301. The first-order valence-electron chi connectivity index (χ1n) is 7.11. The summed E-state index contributed by atoms with van der Waals surface area (Å²) in [7, 11) is 1.57. The van der Waals surface area contributed by atoms with E-state index >= 15 is 0 Å². The van der Waals surface area contributed by atoms with Crippen LogP contribution in [0, 0.1) is 5.82 Å². The van der Waals surface area contributed by atoms with Crippen LogP contribution in [0.4, 0.5) is 9.18 Å². The van der Waals surface area contributed by atoms with E-state index < -0.39 is 5.60 Å². The fourth-order valence-electron chi connectivity index (χ4n) is 2.53. The van der Waals surface area contributed by atoms with Crippen molar-refractivity contribution in [2.45, 2.75) is 38.7 Å². The molecule has 116 valence electrons. The van der Waals surface area contributed by atoms with E-state index in [2.05, 4.69) is 0 Å². The molecule has 1 atom stereocenters. The lowest BCUT2D eigenvalue weighted by Gasteiger charge is -2.24. The number of carbonyl (C=O) groups excluding carboxylic acids is 1. The van der Waals surface area contributed by atoms with Crippen molar-refractivity contribution in [2.24, 2.45) is 0 Å². The maximum Gasteiger partial charge on any atom is 0.410 e. The number of nitrogens with zero attached hydrogens (tertiary/aromatic N) is 1. The van der Waals surface area contributed by atoms with Gasteiger partial charge in [-0.1, -0.05) is 0 Å². The van der Waals surface area contributed by atoms with Crippen molar-refractivity contribution in [1.82, 2.24) is 4.90 Å². The summed E-state index contributed by atoms with van der Waals surface area (Å²) in [5.74, 6) is 0.442. The first-order chi connectivity index (χ1) is 9.80. The van der Waals surface area contributed by atoms with Crippen LogP contribution in [-0.2, 0) is 4.74 Å². The molecule has 0 aliphatic carbocycles. The third-order valence-electron chi connectivity index (χ3n) is 3.47. The predicted octanol–water partition coefficient (Wildman–Crippen LogP) is 3.56. The number of rotatable bonds is 2. The zero-order valence-electron chi connectivity index (χ0n) is 13.0. The molecule has 0 radical (unpaired) electrons. The van der Waals surface area contributed by atoms with Gasteiger partial charge in [0.05, 0.1) is 7.11 Å². The van der Waals surface area contributed by atoms with E-state index in [1.54, 1.807) is 18.1 Å². The van der Waals surface area contributed by atoms with Gasteiger partial charge in [0.15, 0.2) is 0 Å².